The Morgan fingerprint density at radius 3 is 2.62 bits per heavy atom. The third-order valence-electron chi connectivity index (χ3n) is 7.26. The van der Waals surface area contributed by atoms with Gasteiger partial charge in [0.15, 0.2) is 0 Å². The van der Waals surface area contributed by atoms with Crippen LogP contribution >= 0.6 is 0 Å². The maximum Gasteiger partial charge on any atom is 0.260 e. The first-order valence-electron chi connectivity index (χ1n) is 13.2. The summed E-state index contributed by atoms with van der Waals surface area (Å²) in [5.41, 5.74) is 5.23. The fourth-order valence-electron chi connectivity index (χ4n) is 5.05. The molecule has 0 unspecified atom stereocenters. The van der Waals surface area contributed by atoms with Crippen LogP contribution in [0.4, 0.5) is 5.95 Å². The van der Waals surface area contributed by atoms with Gasteiger partial charge in [-0.3, -0.25) is 19.1 Å². The highest BCUT2D eigenvalue weighted by atomic mass is 16.5. The Morgan fingerprint density at radius 1 is 1.08 bits per heavy atom. The highest BCUT2D eigenvalue weighted by molar-refractivity contribution is 5.85. The normalized spacial score (nSPS) is 15.8. The van der Waals surface area contributed by atoms with Crippen LogP contribution in [-0.2, 0) is 16.1 Å². The summed E-state index contributed by atoms with van der Waals surface area (Å²) in [6.45, 7) is 7.74. The minimum atomic E-state index is -0.257. The van der Waals surface area contributed by atoms with Crippen LogP contribution in [0.2, 0.25) is 0 Å². The van der Waals surface area contributed by atoms with E-state index < -0.39 is 0 Å². The molecule has 10 heteroatoms. The van der Waals surface area contributed by atoms with E-state index in [-0.39, 0.29) is 24.1 Å². The van der Waals surface area contributed by atoms with Crippen LogP contribution in [0, 0.1) is 13.8 Å². The molecule has 6 rings (SSSR count). The van der Waals surface area contributed by atoms with Crippen molar-refractivity contribution < 1.29 is 9.53 Å². The van der Waals surface area contributed by atoms with Crippen molar-refractivity contribution in [2.75, 3.05) is 44.7 Å². The molecule has 0 saturated carbocycles. The molecule has 200 valence electrons. The third kappa shape index (κ3) is 5.13. The molecule has 2 N–H and O–H groups in total. The predicted octanol–water partition coefficient (Wildman–Crippen LogP) is 2.38. The topological polar surface area (TPSA) is 114 Å². The van der Waals surface area contributed by atoms with Gasteiger partial charge in [0.25, 0.3) is 5.56 Å². The van der Waals surface area contributed by atoms with Crippen molar-refractivity contribution in [1.82, 2.24) is 29.7 Å². The zero-order valence-corrected chi connectivity index (χ0v) is 22.1. The average Bonchev–Trinajstić information content (AvgIpc) is 2.93. The standard InChI is InChI=1S/C29H31N7O3/c1-18-12-20(25-5-3-4-19(2)32-25)6-7-23(18)24-13-21-14-31-29(33-22-16-39-17-22)34-27(21)36(28(24)38)15-26(37)35-10-8-30-9-11-35/h3-7,12-14,22,30H,8-11,15-17H2,1-2H3,(H,31,33,34). The maximum atomic E-state index is 14.0. The van der Waals surface area contributed by atoms with Crippen molar-refractivity contribution >= 4 is 22.9 Å². The van der Waals surface area contributed by atoms with E-state index in [2.05, 4.69) is 25.6 Å². The van der Waals surface area contributed by atoms with Gasteiger partial charge in [-0.25, -0.2) is 4.98 Å². The van der Waals surface area contributed by atoms with Gasteiger partial charge in [0, 0.05) is 54.6 Å². The van der Waals surface area contributed by atoms with Gasteiger partial charge in [-0.05, 0) is 49.2 Å². The lowest BCUT2D eigenvalue weighted by Gasteiger charge is -2.28. The Labute approximate surface area is 226 Å². The van der Waals surface area contributed by atoms with Crippen molar-refractivity contribution in [2.45, 2.75) is 26.4 Å². The number of hydrogen-bond acceptors (Lipinski definition) is 8. The number of amides is 1. The molecule has 0 spiro atoms. The van der Waals surface area contributed by atoms with Crippen molar-refractivity contribution in [1.29, 1.82) is 0 Å². The smallest absolute Gasteiger partial charge is 0.260 e. The molecule has 2 fully saturated rings. The van der Waals surface area contributed by atoms with Gasteiger partial charge in [-0.1, -0.05) is 18.2 Å². The predicted molar refractivity (Wildman–Crippen MR) is 150 cm³/mol. The molecule has 2 aliphatic heterocycles. The summed E-state index contributed by atoms with van der Waals surface area (Å²) in [6, 6.07) is 13.9. The van der Waals surface area contributed by atoms with Gasteiger partial charge in [0.2, 0.25) is 11.9 Å². The summed E-state index contributed by atoms with van der Waals surface area (Å²) in [5, 5.41) is 7.20. The largest absolute Gasteiger partial charge is 0.377 e. The summed E-state index contributed by atoms with van der Waals surface area (Å²) in [6.07, 6.45) is 1.71. The number of rotatable bonds is 6. The quantitative estimate of drug-likeness (QED) is 0.395. The number of anilines is 1. The minimum absolute atomic E-state index is 0.0868. The first kappa shape index (κ1) is 25.1. The molecule has 0 atom stereocenters. The zero-order valence-electron chi connectivity index (χ0n) is 22.1. The number of pyridine rings is 2. The second kappa shape index (κ2) is 10.5. The number of carbonyl (C=O) groups excluding carboxylic acids is 1. The van der Waals surface area contributed by atoms with Crippen LogP contribution in [0.15, 0.2) is 53.5 Å². The minimum Gasteiger partial charge on any atom is -0.377 e. The Hall–Kier alpha value is -4.15. The molecule has 3 aromatic heterocycles. The van der Waals surface area contributed by atoms with Crippen LogP contribution in [0.3, 0.4) is 0 Å². The highest BCUT2D eigenvalue weighted by Crippen LogP contribution is 2.28. The molecule has 0 bridgehead atoms. The number of carbonyl (C=O) groups is 1. The molecular weight excluding hydrogens is 494 g/mol. The van der Waals surface area contributed by atoms with Crippen LogP contribution in [0.1, 0.15) is 11.3 Å². The molecule has 10 nitrogen and oxygen atoms in total. The molecule has 2 saturated heterocycles. The number of fused-ring (bicyclic) bond motifs is 1. The molecule has 4 aromatic rings. The summed E-state index contributed by atoms with van der Waals surface area (Å²) >= 11 is 0. The van der Waals surface area contributed by atoms with Gasteiger partial charge in [0.1, 0.15) is 12.2 Å². The van der Waals surface area contributed by atoms with Crippen molar-refractivity contribution in [3.8, 4) is 22.4 Å². The molecule has 39 heavy (non-hydrogen) atoms. The first-order valence-corrected chi connectivity index (χ1v) is 13.2. The number of nitrogens with one attached hydrogen (secondary N) is 2. The molecular formula is C29H31N7O3. The average molecular weight is 526 g/mol. The monoisotopic (exact) mass is 525 g/mol. The van der Waals surface area contributed by atoms with E-state index in [0.29, 0.717) is 48.8 Å². The summed E-state index contributed by atoms with van der Waals surface area (Å²) < 4.78 is 6.74. The maximum absolute atomic E-state index is 14.0. The Kier molecular flexibility index (Phi) is 6.80. The highest BCUT2D eigenvalue weighted by Gasteiger charge is 2.23. The summed E-state index contributed by atoms with van der Waals surface area (Å²) in [5.74, 6) is 0.313. The lowest BCUT2D eigenvalue weighted by Crippen LogP contribution is -2.48. The van der Waals surface area contributed by atoms with Gasteiger partial charge >= 0.3 is 0 Å². The number of nitrogens with zero attached hydrogens (tertiary/aromatic N) is 5. The van der Waals surface area contributed by atoms with E-state index in [1.807, 2.05) is 56.3 Å². The molecule has 0 aliphatic carbocycles. The Morgan fingerprint density at radius 2 is 1.90 bits per heavy atom. The number of aromatic nitrogens is 4. The van der Waals surface area contributed by atoms with E-state index >= 15 is 0 Å². The Balaban J connectivity index is 1.43. The van der Waals surface area contributed by atoms with Crippen LogP contribution in [0.25, 0.3) is 33.4 Å². The summed E-state index contributed by atoms with van der Waals surface area (Å²) in [4.78, 5) is 42.9. The first-order chi connectivity index (χ1) is 19.0. The molecule has 2 aliphatic rings. The van der Waals surface area contributed by atoms with Gasteiger partial charge < -0.3 is 20.3 Å². The van der Waals surface area contributed by atoms with Gasteiger partial charge in [-0.15, -0.1) is 0 Å². The van der Waals surface area contributed by atoms with Crippen molar-refractivity contribution in [2.24, 2.45) is 0 Å². The third-order valence-corrected chi connectivity index (χ3v) is 7.26. The number of piperazine rings is 1. The van der Waals surface area contributed by atoms with Crippen LogP contribution in [0.5, 0.6) is 0 Å². The van der Waals surface area contributed by atoms with E-state index in [1.165, 1.54) is 4.57 Å². The SMILES string of the molecule is Cc1cccc(-c2ccc(-c3cc4cnc(NC5COC5)nc4n(CC(=O)N4CCNCC4)c3=O)c(C)c2)n1. The Bertz CT molecular complexity index is 1610. The lowest BCUT2D eigenvalue weighted by atomic mass is 9.97. The van der Waals surface area contributed by atoms with E-state index in [4.69, 9.17) is 4.74 Å². The van der Waals surface area contributed by atoms with Crippen molar-refractivity contribution in [3.05, 3.63) is 70.3 Å². The second-order valence-electron chi connectivity index (χ2n) is 10.1. The van der Waals surface area contributed by atoms with E-state index in [9.17, 15) is 9.59 Å². The zero-order chi connectivity index (χ0) is 26.9. The molecule has 5 heterocycles. The second-order valence-corrected chi connectivity index (χ2v) is 10.1. The number of ether oxygens (including phenoxy) is 1. The van der Waals surface area contributed by atoms with E-state index in [1.54, 1.807) is 11.1 Å². The summed E-state index contributed by atoms with van der Waals surface area (Å²) in [7, 11) is 0. The molecule has 0 radical (unpaired) electrons. The fraction of sp³-hybridized carbons (Fsp3) is 0.345. The number of aryl methyl sites for hydroxylation is 2. The van der Waals surface area contributed by atoms with Crippen LogP contribution < -0.4 is 16.2 Å². The van der Waals surface area contributed by atoms with Gasteiger partial charge in [0.05, 0.1) is 24.9 Å². The van der Waals surface area contributed by atoms with E-state index in [0.717, 1.165) is 41.2 Å². The van der Waals surface area contributed by atoms with Crippen LogP contribution in [-0.4, -0.2) is 75.8 Å². The van der Waals surface area contributed by atoms with Crippen molar-refractivity contribution in [3.63, 3.8) is 0 Å². The fourth-order valence-corrected chi connectivity index (χ4v) is 5.05. The lowest BCUT2D eigenvalue weighted by molar-refractivity contribution is -0.132. The molecule has 1 aromatic carbocycles. The van der Waals surface area contributed by atoms with Gasteiger partial charge in [-0.2, -0.15) is 4.98 Å². The number of hydrogen-bond donors (Lipinski definition) is 2. The number of benzene rings is 1. The molecule has 1 amide bonds.